The molecule has 29 heavy (non-hydrogen) atoms. The lowest BCUT2D eigenvalue weighted by molar-refractivity contribution is -0.115. The van der Waals surface area contributed by atoms with Gasteiger partial charge < -0.3 is 4.74 Å². The van der Waals surface area contributed by atoms with Crippen molar-refractivity contribution in [1.29, 1.82) is 0 Å². The number of hydrogen-bond donors (Lipinski definition) is 0. The van der Waals surface area contributed by atoms with Gasteiger partial charge in [-0.25, -0.2) is 0 Å². The third-order valence-corrected chi connectivity index (χ3v) is 6.99. The van der Waals surface area contributed by atoms with E-state index in [0.717, 1.165) is 31.5 Å². The average Bonchev–Trinajstić information content (AvgIpc) is 3.09. The molecule has 3 aromatic rings. The maximum absolute atomic E-state index is 12.7. The van der Waals surface area contributed by atoms with E-state index in [9.17, 15) is 4.79 Å². The van der Waals surface area contributed by atoms with Crippen LogP contribution in [0, 0.1) is 0 Å². The summed E-state index contributed by atoms with van der Waals surface area (Å²) in [6.07, 6.45) is 0. The van der Waals surface area contributed by atoms with Crippen molar-refractivity contribution in [1.82, 2.24) is 0 Å². The zero-order valence-corrected chi connectivity index (χ0v) is 19.9. The van der Waals surface area contributed by atoms with Crippen LogP contribution in [0.15, 0.2) is 75.7 Å². The molecule has 0 aromatic heterocycles. The zero-order valence-electron chi connectivity index (χ0n) is 15.1. The predicted octanol–water partition coefficient (Wildman–Crippen LogP) is 7.22. The molecule has 1 amide bonds. The summed E-state index contributed by atoms with van der Waals surface area (Å²) in [5.74, 6) is 1.21. The first-order valence-corrected chi connectivity index (χ1v) is 11.9. The molecule has 0 unspecified atom stereocenters. The number of benzene rings is 3. The van der Waals surface area contributed by atoms with Crippen molar-refractivity contribution in [3.05, 3.63) is 91.8 Å². The summed E-state index contributed by atoms with van der Waals surface area (Å²) in [5, 5.41) is 0.449. The number of carbonyl (C=O) groups is 1. The van der Waals surface area contributed by atoms with E-state index in [1.807, 2.05) is 59.5 Å². The Morgan fingerprint density at radius 3 is 2.52 bits per heavy atom. The Balaban J connectivity index is 1.70. The number of hydrogen-bond acceptors (Lipinski definition) is 3. The van der Waals surface area contributed by atoms with E-state index in [1.54, 1.807) is 23.9 Å². The molecule has 0 N–H and O–H groups in total. The van der Waals surface area contributed by atoms with Crippen molar-refractivity contribution in [3.63, 3.8) is 0 Å². The van der Waals surface area contributed by atoms with Crippen molar-refractivity contribution in [2.45, 2.75) is 12.0 Å². The van der Waals surface area contributed by atoms with E-state index in [1.165, 1.54) is 0 Å². The SMILES string of the molecule is O=C1CS[C@H](c2cc(Br)cc(Br)c2OCc2ccccc2)N1c1ccc(Cl)cc1. The molecule has 0 bridgehead atoms. The quantitative estimate of drug-likeness (QED) is 0.334. The van der Waals surface area contributed by atoms with Crippen molar-refractivity contribution in [3.8, 4) is 5.75 Å². The maximum Gasteiger partial charge on any atom is 0.238 e. The topological polar surface area (TPSA) is 29.5 Å². The number of carbonyl (C=O) groups excluding carboxylic acids is 1. The van der Waals surface area contributed by atoms with Crippen molar-refractivity contribution < 1.29 is 9.53 Å². The number of thioether (sulfide) groups is 1. The highest BCUT2D eigenvalue weighted by atomic mass is 79.9. The Hall–Kier alpha value is -1.47. The minimum absolute atomic E-state index is 0.0624. The molecule has 3 nitrogen and oxygen atoms in total. The average molecular weight is 554 g/mol. The summed E-state index contributed by atoms with van der Waals surface area (Å²) in [7, 11) is 0. The largest absolute Gasteiger partial charge is 0.487 e. The molecule has 148 valence electrons. The van der Waals surface area contributed by atoms with E-state index >= 15 is 0 Å². The van der Waals surface area contributed by atoms with E-state index in [2.05, 4.69) is 31.9 Å². The number of anilines is 1. The van der Waals surface area contributed by atoms with Crippen molar-refractivity contribution in [2.24, 2.45) is 0 Å². The Bertz CT molecular complexity index is 1030. The minimum Gasteiger partial charge on any atom is -0.487 e. The molecule has 1 saturated heterocycles. The van der Waals surface area contributed by atoms with E-state index in [-0.39, 0.29) is 11.3 Å². The zero-order chi connectivity index (χ0) is 20.4. The van der Waals surface area contributed by atoms with Crippen LogP contribution in [-0.4, -0.2) is 11.7 Å². The standard InChI is InChI=1S/C22H16Br2ClNO2S/c23-15-10-18(21(19(24)11-15)28-12-14-4-2-1-3-5-14)22-26(20(27)13-29-22)17-8-6-16(25)7-9-17/h1-11,22H,12-13H2/t22-/m1/s1. The molecule has 1 aliphatic heterocycles. The van der Waals surface area contributed by atoms with Crippen LogP contribution in [-0.2, 0) is 11.4 Å². The van der Waals surface area contributed by atoms with Gasteiger partial charge in [0.05, 0.1) is 10.2 Å². The summed E-state index contributed by atoms with van der Waals surface area (Å²) >= 11 is 14.8. The van der Waals surface area contributed by atoms with Crippen molar-refractivity contribution in [2.75, 3.05) is 10.7 Å². The van der Waals surface area contributed by atoms with Crippen LogP contribution < -0.4 is 9.64 Å². The van der Waals surface area contributed by atoms with E-state index in [4.69, 9.17) is 16.3 Å². The van der Waals surface area contributed by atoms with Crippen molar-refractivity contribution >= 4 is 66.8 Å². The smallest absolute Gasteiger partial charge is 0.238 e. The Kier molecular flexibility index (Phi) is 6.54. The van der Waals surface area contributed by atoms with Crippen LogP contribution in [0.25, 0.3) is 0 Å². The molecular weight excluding hydrogens is 538 g/mol. The molecule has 1 atom stereocenters. The molecular formula is C22H16Br2ClNO2S. The van der Waals surface area contributed by atoms with Gasteiger partial charge in [0.15, 0.2) is 0 Å². The van der Waals surface area contributed by atoms with Gasteiger partial charge in [-0.05, 0) is 57.9 Å². The second-order valence-electron chi connectivity index (χ2n) is 6.48. The van der Waals surface area contributed by atoms with Crippen LogP contribution in [0.1, 0.15) is 16.5 Å². The fraction of sp³-hybridized carbons (Fsp3) is 0.136. The summed E-state index contributed by atoms with van der Waals surface area (Å²) in [6.45, 7) is 0.445. The summed E-state index contributed by atoms with van der Waals surface area (Å²) < 4.78 is 7.98. The third kappa shape index (κ3) is 4.66. The lowest BCUT2D eigenvalue weighted by atomic mass is 10.1. The third-order valence-electron chi connectivity index (χ3n) is 4.50. The van der Waals surface area contributed by atoms with Crippen LogP contribution in [0.2, 0.25) is 5.02 Å². The first-order valence-electron chi connectivity index (χ1n) is 8.88. The Labute approximate surface area is 195 Å². The first kappa shape index (κ1) is 20.8. The summed E-state index contributed by atoms with van der Waals surface area (Å²) in [4.78, 5) is 14.5. The normalized spacial score (nSPS) is 16.3. The summed E-state index contributed by atoms with van der Waals surface area (Å²) in [5.41, 5.74) is 2.84. The monoisotopic (exact) mass is 551 g/mol. The highest BCUT2D eigenvalue weighted by molar-refractivity contribution is 9.11. The van der Waals surface area contributed by atoms with Crippen LogP contribution in [0.3, 0.4) is 0 Å². The van der Waals surface area contributed by atoms with Gasteiger partial charge in [-0.3, -0.25) is 9.69 Å². The first-order chi connectivity index (χ1) is 14.0. The Morgan fingerprint density at radius 2 is 1.79 bits per heavy atom. The molecule has 0 aliphatic carbocycles. The minimum atomic E-state index is -0.191. The summed E-state index contributed by atoms with van der Waals surface area (Å²) in [6, 6.07) is 21.3. The van der Waals surface area contributed by atoms with Crippen LogP contribution in [0.5, 0.6) is 5.75 Å². The molecule has 4 rings (SSSR count). The van der Waals surface area contributed by atoms with Crippen LogP contribution >= 0.6 is 55.2 Å². The van der Waals surface area contributed by atoms with Crippen LogP contribution in [0.4, 0.5) is 5.69 Å². The highest BCUT2D eigenvalue weighted by Crippen LogP contribution is 2.48. The van der Waals surface area contributed by atoms with E-state index in [0.29, 0.717) is 17.4 Å². The fourth-order valence-electron chi connectivity index (χ4n) is 3.18. The Morgan fingerprint density at radius 1 is 1.07 bits per heavy atom. The van der Waals surface area contributed by atoms with E-state index < -0.39 is 0 Å². The van der Waals surface area contributed by atoms with Gasteiger partial charge in [0.25, 0.3) is 0 Å². The molecule has 3 aromatic carbocycles. The molecule has 1 heterocycles. The molecule has 0 radical (unpaired) electrons. The second-order valence-corrected chi connectivity index (χ2v) is 9.76. The van der Waals surface area contributed by atoms with Gasteiger partial charge in [0.2, 0.25) is 5.91 Å². The second kappa shape index (κ2) is 9.13. The van der Waals surface area contributed by atoms with Gasteiger partial charge in [-0.2, -0.15) is 0 Å². The number of rotatable bonds is 5. The molecule has 0 saturated carbocycles. The number of ether oxygens (including phenoxy) is 1. The number of halogens is 3. The van der Waals surface area contributed by atoms with Gasteiger partial charge in [-0.15, -0.1) is 11.8 Å². The van der Waals surface area contributed by atoms with Gasteiger partial charge >= 0.3 is 0 Å². The molecule has 1 aliphatic rings. The predicted molar refractivity (Wildman–Crippen MR) is 127 cm³/mol. The van der Waals surface area contributed by atoms with Gasteiger partial charge in [0, 0.05) is 20.7 Å². The highest BCUT2D eigenvalue weighted by Gasteiger charge is 2.36. The molecule has 1 fully saturated rings. The number of amides is 1. The lowest BCUT2D eigenvalue weighted by Gasteiger charge is -2.26. The lowest BCUT2D eigenvalue weighted by Crippen LogP contribution is -2.28. The van der Waals surface area contributed by atoms with Gasteiger partial charge in [0.1, 0.15) is 17.7 Å². The van der Waals surface area contributed by atoms with Gasteiger partial charge in [-0.1, -0.05) is 57.9 Å². The molecule has 0 spiro atoms. The maximum atomic E-state index is 12.7. The molecule has 7 heteroatoms. The fourth-order valence-corrected chi connectivity index (χ4v) is 5.86. The number of nitrogens with zero attached hydrogens (tertiary/aromatic N) is 1.